The van der Waals surface area contributed by atoms with Crippen LogP contribution in [0.4, 0.5) is 4.39 Å². The molecule has 0 heterocycles. The molecule has 3 nitrogen and oxygen atoms in total. The van der Waals surface area contributed by atoms with Gasteiger partial charge in [-0.05, 0) is 42.4 Å². The van der Waals surface area contributed by atoms with E-state index in [1.54, 1.807) is 12.1 Å². The van der Waals surface area contributed by atoms with Crippen LogP contribution in [-0.4, -0.2) is 24.2 Å². The summed E-state index contributed by atoms with van der Waals surface area (Å²) in [5, 5.41) is 12.0. The number of halogens is 1. The van der Waals surface area contributed by atoms with Gasteiger partial charge in [0, 0.05) is 13.2 Å². The maximum absolute atomic E-state index is 13.0. The van der Waals surface area contributed by atoms with Crippen LogP contribution in [0.3, 0.4) is 0 Å². The van der Waals surface area contributed by atoms with Crippen molar-refractivity contribution >= 4 is 5.91 Å². The molecule has 0 aromatic heterocycles. The SMILES string of the molecule is CC(C)(CCO)CNC(=O)C1(c2ccc(F)cc2)CC1. The van der Waals surface area contributed by atoms with Gasteiger partial charge in [-0.15, -0.1) is 0 Å². The third kappa shape index (κ3) is 3.18. The first-order valence-corrected chi connectivity index (χ1v) is 7.05. The summed E-state index contributed by atoms with van der Waals surface area (Å²) in [6, 6.07) is 6.19. The average molecular weight is 279 g/mol. The smallest absolute Gasteiger partial charge is 0.230 e. The zero-order valence-corrected chi connectivity index (χ0v) is 12.1. The molecule has 1 aliphatic rings. The third-order valence-corrected chi connectivity index (χ3v) is 4.10. The second kappa shape index (κ2) is 5.52. The van der Waals surface area contributed by atoms with Gasteiger partial charge in [0.25, 0.3) is 0 Å². The molecule has 1 fully saturated rings. The van der Waals surface area contributed by atoms with Crippen molar-refractivity contribution in [2.75, 3.05) is 13.2 Å². The monoisotopic (exact) mass is 279 g/mol. The number of carbonyl (C=O) groups is 1. The molecule has 0 bridgehead atoms. The van der Waals surface area contributed by atoms with Crippen molar-refractivity contribution in [3.8, 4) is 0 Å². The summed E-state index contributed by atoms with van der Waals surface area (Å²) >= 11 is 0. The van der Waals surface area contributed by atoms with E-state index >= 15 is 0 Å². The Morgan fingerprint density at radius 2 is 1.95 bits per heavy atom. The van der Waals surface area contributed by atoms with Crippen molar-refractivity contribution in [3.63, 3.8) is 0 Å². The van der Waals surface area contributed by atoms with Crippen LogP contribution in [0.2, 0.25) is 0 Å². The van der Waals surface area contributed by atoms with E-state index in [1.807, 2.05) is 13.8 Å². The number of benzene rings is 1. The first-order valence-electron chi connectivity index (χ1n) is 7.05. The summed E-state index contributed by atoms with van der Waals surface area (Å²) in [5.74, 6) is -0.274. The maximum atomic E-state index is 13.0. The van der Waals surface area contributed by atoms with Gasteiger partial charge in [0.2, 0.25) is 5.91 Å². The van der Waals surface area contributed by atoms with E-state index in [2.05, 4.69) is 5.32 Å². The lowest BCUT2D eigenvalue weighted by Gasteiger charge is -2.25. The molecule has 0 aliphatic heterocycles. The van der Waals surface area contributed by atoms with Crippen LogP contribution in [0.1, 0.15) is 38.7 Å². The van der Waals surface area contributed by atoms with E-state index in [0.717, 1.165) is 18.4 Å². The minimum absolute atomic E-state index is 0.00937. The Morgan fingerprint density at radius 3 is 2.45 bits per heavy atom. The Bertz CT molecular complexity index is 478. The van der Waals surface area contributed by atoms with Crippen molar-refractivity contribution in [3.05, 3.63) is 35.6 Å². The lowest BCUT2D eigenvalue weighted by molar-refractivity contribution is -0.124. The van der Waals surface area contributed by atoms with Crippen molar-refractivity contribution < 1.29 is 14.3 Å². The van der Waals surface area contributed by atoms with E-state index in [4.69, 9.17) is 5.11 Å². The molecule has 1 saturated carbocycles. The molecule has 0 saturated heterocycles. The van der Waals surface area contributed by atoms with Crippen molar-refractivity contribution in [2.24, 2.45) is 5.41 Å². The highest BCUT2D eigenvalue weighted by molar-refractivity contribution is 5.91. The van der Waals surface area contributed by atoms with Gasteiger partial charge in [0.1, 0.15) is 5.82 Å². The lowest BCUT2D eigenvalue weighted by atomic mass is 9.88. The standard InChI is InChI=1S/C16H22FNO2/c1-15(2,9-10-19)11-18-14(20)16(7-8-16)12-3-5-13(17)6-4-12/h3-6,19H,7-11H2,1-2H3,(H,18,20). The molecule has 1 amide bonds. The van der Waals surface area contributed by atoms with Crippen LogP contribution in [0.25, 0.3) is 0 Å². The number of aliphatic hydroxyl groups excluding tert-OH is 1. The molecular formula is C16H22FNO2. The van der Waals surface area contributed by atoms with Gasteiger partial charge >= 0.3 is 0 Å². The topological polar surface area (TPSA) is 49.3 Å². The first-order chi connectivity index (χ1) is 9.39. The lowest BCUT2D eigenvalue weighted by Crippen LogP contribution is -2.40. The largest absolute Gasteiger partial charge is 0.396 e. The summed E-state index contributed by atoms with van der Waals surface area (Å²) in [4.78, 5) is 12.4. The van der Waals surface area contributed by atoms with Gasteiger partial charge in [-0.1, -0.05) is 26.0 Å². The number of hydrogen-bond acceptors (Lipinski definition) is 2. The molecule has 1 aliphatic carbocycles. The fraction of sp³-hybridized carbons (Fsp3) is 0.562. The van der Waals surface area contributed by atoms with E-state index < -0.39 is 5.41 Å². The number of hydrogen-bond donors (Lipinski definition) is 2. The van der Waals surface area contributed by atoms with Crippen LogP contribution >= 0.6 is 0 Å². The van der Waals surface area contributed by atoms with Crippen molar-refractivity contribution in [1.82, 2.24) is 5.32 Å². The number of amides is 1. The van der Waals surface area contributed by atoms with Crippen LogP contribution < -0.4 is 5.32 Å². The minimum Gasteiger partial charge on any atom is -0.396 e. The summed E-state index contributed by atoms with van der Waals surface area (Å²) in [6.07, 6.45) is 2.27. The predicted molar refractivity (Wildman–Crippen MR) is 75.8 cm³/mol. The van der Waals surface area contributed by atoms with E-state index in [9.17, 15) is 9.18 Å². The fourth-order valence-corrected chi connectivity index (χ4v) is 2.42. The van der Waals surface area contributed by atoms with E-state index in [0.29, 0.717) is 13.0 Å². The highest BCUT2D eigenvalue weighted by Gasteiger charge is 2.51. The molecular weight excluding hydrogens is 257 g/mol. The Hall–Kier alpha value is -1.42. The molecule has 0 atom stereocenters. The highest BCUT2D eigenvalue weighted by atomic mass is 19.1. The third-order valence-electron chi connectivity index (χ3n) is 4.10. The average Bonchev–Trinajstić information content (AvgIpc) is 3.18. The van der Waals surface area contributed by atoms with Crippen molar-refractivity contribution in [1.29, 1.82) is 0 Å². The first kappa shape index (κ1) is 15.0. The van der Waals surface area contributed by atoms with Gasteiger partial charge in [0.05, 0.1) is 5.41 Å². The van der Waals surface area contributed by atoms with Gasteiger partial charge in [-0.3, -0.25) is 4.79 Å². The van der Waals surface area contributed by atoms with E-state index in [-0.39, 0.29) is 23.7 Å². The van der Waals surface area contributed by atoms with Gasteiger partial charge in [0.15, 0.2) is 0 Å². The van der Waals surface area contributed by atoms with Gasteiger partial charge in [-0.25, -0.2) is 4.39 Å². The number of rotatable bonds is 6. The van der Waals surface area contributed by atoms with Gasteiger partial charge in [-0.2, -0.15) is 0 Å². The second-order valence-electron chi connectivity index (χ2n) is 6.41. The zero-order chi connectivity index (χ0) is 14.8. The Kier molecular flexibility index (Phi) is 4.14. The molecule has 0 radical (unpaired) electrons. The van der Waals surface area contributed by atoms with Crippen molar-refractivity contribution in [2.45, 2.75) is 38.5 Å². The molecule has 4 heteroatoms. The van der Waals surface area contributed by atoms with Crippen LogP contribution in [0.5, 0.6) is 0 Å². The number of nitrogens with one attached hydrogen (secondary N) is 1. The van der Waals surface area contributed by atoms with Crippen LogP contribution in [-0.2, 0) is 10.2 Å². The van der Waals surface area contributed by atoms with Gasteiger partial charge < -0.3 is 10.4 Å². The quantitative estimate of drug-likeness (QED) is 0.840. The molecule has 20 heavy (non-hydrogen) atoms. The molecule has 1 aromatic carbocycles. The molecule has 0 spiro atoms. The molecule has 2 rings (SSSR count). The summed E-state index contributed by atoms with van der Waals surface area (Å²) < 4.78 is 13.0. The van der Waals surface area contributed by atoms with Crippen LogP contribution in [0, 0.1) is 11.2 Å². The minimum atomic E-state index is -0.469. The van der Waals surface area contributed by atoms with E-state index in [1.165, 1.54) is 12.1 Å². The second-order valence-corrected chi connectivity index (χ2v) is 6.41. The normalized spacial score (nSPS) is 16.8. The molecule has 0 unspecified atom stereocenters. The Morgan fingerprint density at radius 1 is 1.35 bits per heavy atom. The molecule has 110 valence electrons. The highest BCUT2D eigenvalue weighted by Crippen LogP contribution is 2.48. The molecule has 1 aromatic rings. The Balaban J connectivity index is 2.00. The fourth-order valence-electron chi connectivity index (χ4n) is 2.42. The maximum Gasteiger partial charge on any atom is 0.230 e. The van der Waals surface area contributed by atoms with Crippen LogP contribution in [0.15, 0.2) is 24.3 Å². The predicted octanol–water partition coefficient (Wildman–Crippen LogP) is 2.38. The zero-order valence-electron chi connectivity index (χ0n) is 12.1. The summed E-state index contributed by atoms with van der Waals surface area (Å²) in [5.41, 5.74) is 0.295. The summed E-state index contributed by atoms with van der Waals surface area (Å²) in [6.45, 7) is 4.68. The summed E-state index contributed by atoms with van der Waals surface area (Å²) in [7, 11) is 0. The Labute approximate surface area is 119 Å². The molecule has 2 N–H and O–H groups in total. The number of carbonyl (C=O) groups excluding carboxylic acids is 1. The number of aliphatic hydroxyl groups is 1.